The fraction of sp³-hybridized carbons (Fsp3) is 0.583. The molecule has 2 rings (SSSR count). The molecule has 1 aromatic rings. The average Bonchev–Trinajstić information content (AvgIpc) is 2.74. The third-order valence-electron chi connectivity index (χ3n) is 2.51. The molecule has 0 saturated carbocycles. The van der Waals surface area contributed by atoms with Crippen molar-refractivity contribution in [3.8, 4) is 0 Å². The topological polar surface area (TPSA) is 24.4 Å². The van der Waals surface area contributed by atoms with Crippen LogP contribution in [-0.4, -0.2) is 23.5 Å². The summed E-state index contributed by atoms with van der Waals surface area (Å²) in [7, 11) is 0. The molecule has 0 amide bonds. The standard InChI is InChI=1S/C12H18N2S2/c1-9-7-13-12(16-8-9)14-10(2)6-11-4-3-5-15-11/h3-5,9-10H,6-8H2,1-2H3,(H,13,14). The monoisotopic (exact) mass is 254 g/mol. The lowest BCUT2D eigenvalue weighted by Gasteiger charge is -2.21. The Kier molecular flexibility index (Phi) is 4.29. The normalized spacial score (nSPS) is 22.6. The van der Waals surface area contributed by atoms with Gasteiger partial charge in [0.2, 0.25) is 0 Å². The van der Waals surface area contributed by atoms with Gasteiger partial charge in [0.15, 0.2) is 5.17 Å². The molecule has 1 aromatic heterocycles. The van der Waals surface area contributed by atoms with Crippen LogP contribution < -0.4 is 5.32 Å². The van der Waals surface area contributed by atoms with E-state index in [4.69, 9.17) is 0 Å². The first-order valence-corrected chi connectivity index (χ1v) is 7.56. The van der Waals surface area contributed by atoms with Crippen LogP contribution in [0.1, 0.15) is 18.7 Å². The highest BCUT2D eigenvalue weighted by Gasteiger charge is 2.14. The number of thiophene rings is 1. The van der Waals surface area contributed by atoms with Gasteiger partial charge in [0.25, 0.3) is 0 Å². The molecular weight excluding hydrogens is 236 g/mol. The number of amidine groups is 1. The van der Waals surface area contributed by atoms with Gasteiger partial charge in [-0.15, -0.1) is 11.3 Å². The molecule has 88 valence electrons. The second kappa shape index (κ2) is 5.73. The molecule has 0 radical (unpaired) electrons. The van der Waals surface area contributed by atoms with Crippen LogP contribution in [-0.2, 0) is 6.42 Å². The van der Waals surface area contributed by atoms with Crippen molar-refractivity contribution in [2.75, 3.05) is 12.3 Å². The Bertz CT molecular complexity index is 346. The third kappa shape index (κ3) is 3.52. The molecule has 2 atom stereocenters. The highest BCUT2D eigenvalue weighted by molar-refractivity contribution is 8.13. The van der Waals surface area contributed by atoms with Gasteiger partial charge in [-0.3, -0.25) is 4.99 Å². The zero-order chi connectivity index (χ0) is 11.4. The lowest BCUT2D eigenvalue weighted by Crippen LogP contribution is -2.34. The van der Waals surface area contributed by atoms with Crippen molar-refractivity contribution in [3.05, 3.63) is 22.4 Å². The maximum absolute atomic E-state index is 4.55. The predicted molar refractivity (Wildman–Crippen MR) is 74.5 cm³/mol. The number of nitrogens with one attached hydrogen (secondary N) is 1. The molecule has 4 heteroatoms. The van der Waals surface area contributed by atoms with Crippen molar-refractivity contribution in [1.29, 1.82) is 0 Å². The maximum Gasteiger partial charge on any atom is 0.156 e. The van der Waals surface area contributed by atoms with E-state index in [-0.39, 0.29) is 0 Å². The summed E-state index contributed by atoms with van der Waals surface area (Å²) < 4.78 is 0. The summed E-state index contributed by atoms with van der Waals surface area (Å²) in [5.74, 6) is 1.92. The van der Waals surface area contributed by atoms with Crippen molar-refractivity contribution in [3.63, 3.8) is 0 Å². The zero-order valence-corrected chi connectivity index (χ0v) is 11.4. The Morgan fingerprint density at radius 2 is 2.50 bits per heavy atom. The molecular formula is C12H18N2S2. The number of hydrogen-bond donors (Lipinski definition) is 1. The average molecular weight is 254 g/mol. The minimum absolute atomic E-state index is 0.471. The number of aliphatic imine (C=N–C) groups is 1. The van der Waals surface area contributed by atoms with E-state index >= 15 is 0 Å². The summed E-state index contributed by atoms with van der Waals surface area (Å²) in [6, 6.07) is 4.78. The first-order valence-electron chi connectivity index (χ1n) is 5.70. The van der Waals surface area contributed by atoms with E-state index in [0.717, 1.165) is 24.1 Å². The van der Waals surface area contributed by atoms with Crippen LogP contribution in [0.15, 0.2) is 22.5 Å². The van der Waals surface area contributed by atoms with Crippen LogP contribution >= 0.6 is 23.1 Å². The molecule has 0 fully saturated rings. The van der Waals surface area contributed by atoms with Gasteiger partial charge in [-0.05, 0) is 24.3 Å². The first-order chi connectivity index (χ1) is 7.74. The van der Waals surface area contributed by atoms with E-state index in [1.54, 1.807) is 0 Å². The Morgan fingerprint density at radius 3 is 3.12 bits per heavy atom. The van der Waals surface area contributed by atoms with Crippen molar-refractivity contribution < 1.29 is 0 Å². The SMILES string of the molecule is CC1CN=C(NC(C)Cc2cccs2)SC1. The molecule has 0 aromatic carbocycles. The van der Waals surface area contributed by atoms with Crippen LogP contribution in [0, 0.1) is 5.92 Å². The lowest BCUT2D eigenvalue weighted by molar-refractivity contribution is 0.644. The first kappa shape index (κ1) is 12.0. The molecule has 1 aliphatic heterocycles. The third-order valence-corrected chi connectivity index (χ3v) is 4.66. The number of hydrogen-bond acceptors (Lipinski definition) is 4. The second-order valence-corrected chi connectivity index (χ2v) is 6.43. The van der Waals surface area contributed by atoms with Crippen LogP contribution in [0.2, 0.25) is 0 Å². The van der Waals surface area contributed by atoms with Gasteiger partial charge in [-0.2, -0.15) is 0 Å². The molecule has 0 bridgehead atoms. The van der Waals surface area contributed by atoms with Gasteiger partial charge in [0.05, 0.1) is 0 Å². The Morgan fingerprint density at radius 1 is 1.62 bits per heavy atom. The van der Waals surface area contributed by atoms with Gasteiger partial charge in [-0.25, -0.2) is 0 Å². The van der Waals surface area contributed by atoms with Crippen molar-refractivity contribution in [1.82, 2.24) is 5.32 Å². The van der Waals surface area contributed by atoms with Crippen molar-refractivity contribution >= 4 is 28.3 Å². The molecule has 2 heterocycles. The Balaban J connectivity index is 1.81. The molecule has 16 heavy (non-hydrogen) atoms. The summed E-state index contributed by atoms with van der Waals surface area (Å²) in [5, 5.41) is 6.76. The predicted octanol–water partition coefficient (Wildman–Crippen LogP) is 3.01. The van der Waals surface area contributed by atoms with Crippen LogP contribution in [0.4, 0.5) is 0 Å². The summed E-state index contributed by atoms with van der Waals surface area (Å²) >= 11 is 3.68. The lowest BCUT2D eigenvalue weighted by atomic mass is 10.2. The number of nitrogens with zero attached hydrogens (tertiary/aromatic N) is 1. The highest BCUT2D eigenvalue weighted by atomic mass is 32.2. The fourth-order valence-corrected chi connectivity index (χ4v) is 3.47. The van der Waals surface area contributed by atoms with E-state index < -0.39 is 0 Å². The molecule has 1 aliphatic rings. The molecule has 0 saturated heterocycles. The van der Waals surface area contributed by atoms with E-state index in [9.17, 15) is 0 Å². The second-order valence-electron chi connectivity index (χ2n) is 4.39. The molecule has 1 N–H and O–H groups in total. The van der Waals surface area contributed by atoms with Crippen molar-refractivity contribution in [2.24, 2.45) is 10.9 Å². The van der Waals surface area contributed by atoms with E-state index in [1.165, 1.54) is 10.6 Å². The van der Waals surface area contributed by atoms with Gasteiger partial charge in [0.1, 0.15) is 0 Å². The summed E-state index contributed by atoms with van der Waals surface area (Å²) in [4.78, 5) is 5.99. The van der Waals surface area contributed by atoms with Crippen LogP contribution in [0.25, 0.3) is 0 Å². The summed E-state index contributed by atoms with van der Waals surface area (Å²) in [5.41, 5.74) is 0. The maximum atomic E-state index is 4.55. The minimum atomic E-state index is 0.471. The fourth-order valence-electron chi connectivity index (χ4n) is 1.64. The molecule has 2 nitrogen and oxygen atoms in total. The largest absolute Gasteiger partial charge is 0.362 e. The Labute approximate surface area is 106 Å². The molecule has 0 aliphatic carbocycles. The number of rotatable bonds is 3. The van der Waals surface area contributed by atoms with Crippen molar-refractivity contribution in [2.45, 2.75) is 26.3 Å². The summed E-state index contributed by atoms with van der Waals surface area (Å²) in [6.07, 6.45) is 1.09. The zero-order valence-electron chi connectivity index (χ0n) is 9.77. The van der Waals surface area contributed by atoms with Gasteiger partial charge in [-0.1, -0.05) is 24.8 Å². The van der Waals surface area contributed by atoms with Gasteiger partial charge < -0.3 is 5.32 Å². The van der Waals surface area contributed by atoms with Crippen LogP contribution in [0.5, 0.6) is 0 Å². The summed E-state index contributed by atoms with van der Waals surface area (Å²) in [6.45, 7) is 5.45. The van der Waals surface area contributed by atoms with E-state index in [2.05, 4.69) is 41.7 Å². The minimum Gasteiger partial charge on any atom is -0.362 e. The van der Waals surface area contributed by atoms with E-state index in [1.807, 2.05) is 23.1 Å². The smallest absolute Gasteiger partial charge is 0.156 e. The quantitative estimate of drug-likeness (QED) is 0.896. The highest BCUT2D eigenvalue weighted by Crippen LogP contribution is 2.17. The van der Waals surface area contributed by atoms with Gasteiger partial charge >= 0.3 is 0 Å². The van der Waals surface area contributed by atoms with Gasteiger partial charge in [0, 0.05) is 29.6 Å². The van der Waals surface area contributed by atoms with E-state index in [0.29, 0.717) is 6.04 Å². The number of thioether (sulfide) groups is 1. The van der Waals surface area contributed by atoms with Crippen LogP contribution in [0.3, 0.4) is 0 Å². The molecule has 2 unspecified atom stereocenters. The molecule has 0 spiro atoms. The Hall–Kier alpha value is -0.480.